The van der Waals surface area contributed by atoms with Crippen molar-refractivity contribution in [3.63, 3.8) is 0 Å². The number of nitrogens with one attached hydrogen (secondary N) is 3. The van der Waals surface area contributed by atoms with Crippen LogP contribution in [0.15, 0.2) is 24.3 Å². The van der Waals surface area contributed by atoms with Crippen molar-refractivity contribution in [2.24, 2.45) is 11.5 Å². The third-order valence-corrected chi connectivity index (χ3v) is 5.41. The fourth-order valence-electron chi connectivity index (χ4n) is 2.72. The number of nitrogens with two attached hydrogens (primary N) is 2. The number of carboxylic acids is 1. The average molecular weight is 516 g/mol. The van der Waals surface area contributed by atoms with Gasteiger partial charge in [0.1, 0.15) is 23.9 Å². The van der Waals surface area contributed by atoms with Crippen molar-refractivity contribution in [3.8, 4) is 5.75 Å². The summed E-state index contributed by atoms with van der Waals surface area (Å²) in [6.07, 6.45) is -0.486. The first-order valence-electron chi connectivity index (χ1n) is 10.2. The van der Waals surface area contributed by atoms with Gasteiger partial charge in [0.2, 0.25) is 23.6 Å². The smallest absolute Gasteiger partial charge is 0.326 e. The largest absolute Gasteiger partial charge is 0.508 e. The number of carbonyl (C=O) groups excluding carboxylic acids is 4. The summed E-state index contributed by atoms with van der Waals surface area (Å²) in [5.74, 6) is -4.48. The molecule has 4 amide bonds. The van der Waals surface area contributed by atoms with Gasteiger partial charge in [-0.2, -0.15) is 25.3 Å². The molecule has 1 aromatic rings. The van der Waals surface area contributed by atoms with E-state index in [1.807, 2.05) is 0 Å². The van der Waals surface area contributed by atoms with E-state index in [1.54, 1.807) is 12.1 Å². The Morgan fingerprint density at radius 2 is 1.38 bits per heavy atom. The predicted octanol–water partition coefficient (Wildman–Crippen LogP) is -2.07. The molecule has 0 aliphatic carbocycles. The molecule has 4 unspecified atom stereocenters. The van der Waals surface area contributed by atoms with Crippen molar-refractivity contribution in [1.29, 1.82) is 0 Å². The number of hydrogen-bond donors (Lipinski definition) is 9. The normalized spacial score (nSPS) is 14.2. The molecule has 0 radical (unpaired) electrons. The van der Waals surface area contributed by atoms with Crippen LogP contribution >= 0.6 is 25.3 Å². The SMILES string of the molecule is NC(=O)CCC(NC(=O)C(CS)NC(=O)C(Cc1ccc(O)cc1)NC(=O)C(N)CS)C(=O)O. The van der Waals surface area contributed by atoms with Gasteiger partial charge in [-0.1, -0.05) is 12.1 Å². The van der Waals surface area contributed by atoms with E-state index in [-0.39, 0.29) is 36.5 Å². The van der Waals surface area contributed by atoms with Crippen LogP contribution in [0.5, 0.6) is 5.75 Å². The number of carboxylic acid groups (broad SMARTS) is 1. The number of amides is 4. The number of aliphatic carboxylic acids is 1. The first-order chi connectivity index (χ1) is 16.0. The maximum Gasteiger partial charge on any atom is 0.326 e. The lowest BCUT2D eigenvalue weighted by molar-refractivity contribution is -0.142. The molecule has 0 heterocycles. The number of hydrogen-bond acceptors (Lipinski definition) is 9. The van der Waals surface area contributed by atoms with E-state index in [0.717, 1.165) is 0 Å². The van der Waals surface area contributed by atoms with Crippen LogP contribution in [0, 0.1) is 0 Å². The second-order valence-corrected chi connectivity index (χ2v) is 8.10. The first kappa shape index (κ1) is 29.1. The summed E-state index contributed by atoms with van der Waals surface area (Å²) in [6, 6.07) is 1.15. The van der Waals surface area contributed by atoms with Crippen molar-refractivity contribution >= 4 is 54.9 Å². The maximum atomic E-state index is 12.9. The lowest BCUT2D eigenvalue weighted by Crippen LogP contribution is -2.58. The van der Waals surface area contributed by atoms with Crippen molar-refractivity contribution in [2.45, 2.75) is 43.4 Å². The Kier molecular flexibility index (Phi) is 12.2. The van der Waals surface area contributed by atoms with Crippen LogP contribution in [-0.2, 0) is 30.4 Å². The minimum Gasteiger partial charge on any atom is -0.508 e. The zero-order valence-electron chi connectivity index (χ0n) is 18.1. The summed E-state index contributed by atoms with van der Waals surface area (Å²) in [5.41, 5.74) is 11.3. The van der Waals surface area contributed by atoms with Gasteiger partial charge in [0.25, 0.3) is 0 Å². The molecular weight excluding hydrogens is 486 g/mol. The predicted molar refractivity (Wildman–Crippen MR) is 129 cm³/mol. The van der Waals surface area contributed by atoms with Crippen LogP contribution in [0.1, 0.15) is 18.4 Å². The lowest BCUT2D eigenvalue weighted by atomic mass is 10.0. The van der Waals surface area contributed by atoms with Crippen LogP contribution in [0.2, 0.25) is 0 Å². The highest BCUT2D eigenvalue weighted by Gasteiger charge is 2.30. The lowest BCUT2D eigenvalue weighted by Gasteiger charge is -2.24. The van der Waals surface area contributed by atoms with Gasteiger partial charge in [-0.05, 0) is 24.1 Å². The molecule has 0 saturated heterocycles. The van der Waals surface area contributed by atoms with E-state index >= 15 is 0 Å². The Hall–Kier alpha value is -2.97. The van der Waals surface area contributed by atoms with E-state index < -0.39 is 53.8 Å². The second-order valence-electron chi connectivity index (χ2n) is 7.37. The number of benzene rings is 1. The Labute approximate surface area is 207 Å². The molecule has 0 aliphatic rings. The van der Waals surface area contributed by atoms with Gasteiger partial charge in [-0.25, -0.2) is 4.79 Å². The topological polar surface area (TPSA) is 214 Å². The zero-order chi connectivity index (χ0) is 25.8. The number of phenolic OH excluding ortho intramolecular Hbond substituents is 1. The molecule has 188 valence electrons. The highest BCUT2D eigenvalue weighted by molar-refractivity contribution is 7.80. The third-order valence-electron chi connectivity index (χ3n) is 4.65. The summed E-state index contributed by atoms with van der Waals surface area (Å²) in [7, 11) is 0. The van der Waals surface area contributed by atoms with Crippen molar-refractivity contribution in [1.82, 2.24) is 16.0 Å². The number of thiol groups is 2. The molecule has 0 aromatic heterocycles. The average Bonchev–Trinajstić information content (AvgIpc) is 2.79. The van der Waals surface area contributed by atoms with Crippen LogP contribution in [0.4, 0.5) is 0 Å². The highest BCUT2D eigenvalue weighted by atomic mass is 32.1. The molecule has 0 bridgehead atoms. The van der Waals surface area contributed by atoms with E-state index in [2.05, 4.69) is 41.2 Å². The minimum atomic E-state index is -1.40. The fraction of sp³-hybridized carbons (Fsp3) is 0.450. The summed E-state index contributed by atoms with van der Waals surface area (Å²) in [5, 5.41) is 25.9. The molecule has 0 spiro atoms. The maximum absolute atomic E-state index is 12.9. The van der Waals surface area contributed by atoms with E-state index in [0.29, 0.717) is 5.56 Å². The van der Waals surface area contributed by atoms with E-state index in [1.165, 1.54) is 12.1 Å². The van der Waals surface area contributed by atoms with E-state index in [4.69, 9.17) is 11.5 Å². The number of primary amides is 1. The van der Waals surface area contributed by atoms with Gasteiger partial charge in [0.05, 0.1) is 6.04 Å². The summed E-state index contributed by atoms with van der Waals surface area (Å²) in [6.45, 7) is 0. The molecule has 14 heteroatoms. The molecule has 0 aliphatic heterocycles. The van der Waals surface area contributed by atoms with Gasteiger partial charge in [-0.3, -0.25) is 19.2 Å². The molecule has 9 N–H and O–H groups in total. The van der Waals surface area contributed by atoms with Crippen molar-refractivity contribution in [2.75, 3.05) is 11.5 Å². The van der Waals surface area contributed by atoms with E-state index in [9.17, 15) is 34.2 Å². The number of carbonyl (C=O) groups is 5. The standard InChI is InChI=1S/C20H29N5O7S2/c21-12(8-33)17(28)24-14(7-10-1-3-11(26)4-2-10)18(29)25-15(9-34)19(30)23-13(20(31)32)5-6-16(22)27/h1-4,12-15,26,33-34H,5-9,21H2,(H2,22,27)(H,23,30)(H,24,28)(H,25,29)(H,31,32). The number of rotatable bonds is 14. The number of aromatic hydroxyl groups is 1. The van der Waals surface area contributed by atoms with Gasteiger partial charge >= 0.3 is 5.97 Å². The van der Waals surface area contributed by atoms with Crippen LogP contribution in [0.3, 0.4) is 0 Å². The van der Waals surface area contributed by atoms with Crippen LogP contribution < -0.4 is 27.4 Å². The number of phenols is 1. The third kappa shape index (κ3) is 9.89. The molecule has 34 heavy (non-hydrogen) atoms. The quantitative estimate of drug-likeness (QED) is 0.125. The van der Waals surface area contributed by atoms with Crippen molar-refractivity contribution < 1.29 is 34.2 Å². The Balaban J connectivity index is 2.97. The Morgan fingerprint density at radius 1 is 0.853 bits per heavy atom. The Morgan fingerprint density at radius 3 is 1.88 bits per heavy atom. The molecule has 4 atom stereocenters. The van der Waals surface area contributed by atoms with Gasteiger partial charge in [0.15, 0.2) is 0 Å². The second kappa shape index (κ2) is 14.3. The molecular formula is C20H29N5O7S2. The minimum absolute atomic E-state index is 0.00835. The zero-order valence-corrected chi connectivity index (χ0v) is 19.9. The fourth-order valence-corrected chi connectivity index (χ4v) is 3.14. The molecule has 0 fully saturated rings. The van der Waals surface area contributed by atoms with Gasteiger partial charge < -0.3 is 37.6 Å². The molecule has 12 nitrogen and oxygen atoms in total. The molecule has 0 saturated carbocycles. The molecule has 1 rings (SSSR count). The van der Waals surface area contributed by atoms with Crippen LogP contribution in [-0.4, -0.2) is 75.5 Å². The summed E-state index contributed by atoms with van der Waals surface area (Å²) in [4.78, 5) is 60.1. The first-order valence-corrected chi connectivity index (χ1v) is 11.4. The Bertz CT molecular complexity index is 885. The summed E-state index contributed by atoms with van der Waals surface area (Å²) < 4.78 is 0. The molecule has 1 aromatic carbocycles. The van der Waals surface area contributed by atoms with Crippen molar-refractivity contribution in [3.05, 3.63) is 29.8 Å². The van der Waals surface area contributed by atoms with Crippen LogP contribution in [0.25, 0.3) is 0 Å². The summed E-state index contributed by atoms with van der Waals surface area (Å²) >= 11 is 8.00. The van der Waals surface area contributed by atoms with Gasteiger partial charge in [0, 0.05) is 24.3 Å². The highest BCUT2D eigenvalue weighted by Crippen LogP contribution is 2.12. The monoisotopic (exact) mass is 515 g/mol. The van der Waals surface area contributed by atoms with Gasteiger partial charge in [-0.15, -0.1) is 0 Å².